The highest BCUT2D eigenvalue weighted by Crippen LogP contribution is 2.16. The summed E-state index contributed by atoms with van der Waals surface area (Å²) in [5.41, 5.74) is 1.98. The van der Waals surface area contributed by atoms with Gasteiger partial charge in [-0.05, 0) is 17.2 Å². The van der Waals surface area contributed by atoms with E-state index in [4.69, 9.17) is 16.3 Å². The molecule has 5 heteroatoms. The lowest BCUT2D eigenvalue weighted by Gasteiger charge is -2.08. The molecule has 0 radical (unpaired) electrons. The first-order valence-corrected chi connectivity index (χ1v) is 5.97. The van der Waals surface area contributed by atoms with Crippen LogP contribution < -0.4 is 10.1 Å². The van der Waals surface area contributed by atoms with Gasteiger partial charge in [0.05, 0.1) is 13.3 Å². The van der Waals surface area contributed by atoms with Crippen molar-refractivity contribution in [2.45, 2.75) is 13.1 Å². The highest BCUT2D eigenvalue weighted by Gasteiger charge is 2.06. The van der Waals surface area contributed by atoms with Crippen molar-refractivity contribution in [2.75, 3.05) is 7.11 Å². The number of nitrogens with zero attached hydrogens (tertiary/aromatic N) is 2. The molecule has 0 amide bonds. The maximum absolute atomic E-state index is 5.76. The first-order chi connectivity index (χ1) is 8.79. The van der Waals surface area contributed by atoms with Gasteiger partial charge in [-0.25, -0.2) is 9.97 Å². The van der Waals surface area contributed by atoms with Crippen molar-refractivity contribution in [3.8, 4) is 5.75 Å². The first-order valence-electron chi connectivity index (χ1n) is 5.59. The number of rotatable bonds is 5. The molecular weight excluding hydrogens is 250 g/mol. The van der Waals surface area contributed by atoms with Crippen molar-refractivity contribution in [1.29, 1.82) is 0 Å². The summed E-state index contributed by atoms with van der Waals surface area (Å²) in [6, 6.07) is 10.2. The molecule has 2 rings (SSSR count). The summed E-state index contributed by atoms with van der Waals surface area (Å²) in [5, 5.41) is 3.52. The Kier molecular flexibility index (Phi) is 4.50. The molecule has 0 bridgehead atoms. The lowest BCUT2D eigenvalue weighted by Crippen LogP contribution is -2.14. The van der Waals surface area contributed by atoms with Crippen LogP contribution in [0.5, 0.6) is 5.75 Å². The predicted octanol–water partition coefficient (Wildman–Crippen LogP) is 2.43. The Balaban J connectivity index is 1.96. The van der Waals surface area contributed by atoms with Crippen molar-refractivity contribution in [3.05, 3.63) is 53.1 Å². The molecule has 94 valence electrons. The summed E-state index contributed by atoms with van der Waals surface area (Å²) >= 11 is 5.76. The highest BCUT2D eigenvalue weighted by atomic mass is 35.5. The third kappa shape index (κ3) is 3.42. The third-order valence-corrected chi connectivity index (χ3v) is 2.67. The van der Waals surface area contributed by atoms with E-state index in [-0.39, 0.29) is 5.28 Å². The topological polar surface area (TPSA) is 47.0 Å². The smallest absolute Gasteiger partial charge is 0.222 e. The lowest BCUT2D eigenvalue weighted by atomic mass is 10.2. The maximum atomic E-state index is 5.76. The van der Waals surface area contributed by atoms with Gasteiger partial charge in [0.25, 0.3) is 0 Å². The second-order valence-electron chi connectivity index (χ2n) is 3.74. The van der Waals surface area contributed by atoms with Crippen LogP contribution in [0.25, 0.3) is 0 Å². The Labute approximate surface area is 111 Å². The molecule has 0 aliphatic carbocycles. The van der Waals surface area contributed by atoms with E-state index in [0.717, 1.165) is 12.2 Å². The van der Waals surface area contributed by atoms with Crippen LogP contribution >= 0.6 is 11.6 Å². The maximum Gasteiger partial charge on any atom is 0.222 e. The van der Waals surface area contributed by atoms with Gasteiger partial charge in [-0.15, -0.1) is 0 Å². The molecule has 0 aliphatic heterocycles. The summed E-state index contributed by atoms with van der Waals surface area (Å²) < 4.78 is 5.18. The Bertz CT molecular complexity index is 505. The number of ether oxygens (including phenoxy) is 1. The molecule has 0 spiro atoms. The molecule has 0 unspecified atom stereocenters. The summed E-state index contributed by atoms with van der Waals surface area (Å²) in [5.74, 6) is 0.639. The van der Waals surface area contributed by atoms with E-state index in [2.05, 4.69) is 27.4 Å². The van der Waals surface area contributed by atoms with Crippen LogP contribution in [0.1, 0.15) is 11.3 Å². The van der Waals surface area contributed by atoms with Crippen molar-refractivity contribution in [1.82, 2.24) is 15.3 Å². The fourth-order valence-electron chi connectivity index (χ4n) is 1.60. The fraction of sp³-hybridized carbons (Fsp3) is 0.231. The molecule has 0 aliphatic rings. The minimum Gasteiger partial charge on any atom is -0.493 e. The van der Waals surface area contributed by atoms with Crippen molar-refractivity contribution >= 4 is 11.6 Å². The van der Waals surface area contributed by atoms with Crippen LogP contribution in [0.3, 0.4) is 0 Å². The van der Waals surface area contributed by atoms with Gasteiger partial charge >= 0.3 is 0 Å². The summed E-state index contributed by atoms with van der Waals surface area (Å²) in [4.78, 5) is 8.02. The summed E-state index contributed by atoms with van der Waals surface area (Å²) in [7, 11) is 1.59. The molecular formula is C13H14ClN3O. The minimum absolute atomic E-state index is 0.229. The molecule has 0 fully saturated rings. The molecule has 1 aromatic heterocycles. The van der Waals surface area contributed by atoms with Crippen molar-refractivity contribution < 1.29 is 4.74 Å². The number of hydrogen-bond acceptors (Lipinski definition) is 4. The van der Waals surface area contributed by atoms with E-state index < -0.39 is 0 Å². The molecule has 0 atom stereocenters. The van der Waals surface area contributed by atoms with Gasteiger partial charge in [0.15, 0.2) is 5.75 Å². The molecule has 0 saturated carbocycles. The molecule has 18 heavy (non-hydrogen) atoms. The molecule has 0 saturated heterocycles. The SMILES string of the molecule is COc1cnc(Cl)nc1CNCc1ccccc1. The zero-order valence-corrected chi connectivity index (χ0v) is 10.8. The van der Waals surface area contributed by atoms with Crippen LogP contribution in [-0.2, 0) is 13.1 Å². The second kappa shape index (κ2) is 6.33. The Morgan fingerprint density at radius 1 is 1.22 bits per heavy atom. The molecule has 1 aromatic carbocycles. The second-order valence-corrected chi connectivity index (χ2v) is 4.08. The predicted molar refractivity (Wildman–Crippen MR) is 70.6 cm³/mol. The summed E-state index contributed by atoms with van der Waals surface area (Å²) in [6.45, 7) is 1.35. The standard InChI is InChI=1S/C13H14ClN3O/c1-18-12-9-16-13(14)17-11(12)8-15-7-10-5-3-2-4-6-10/h2-6,9,15H,7-8H2,1H3. The van der Waals surface area contributed by atoms with Gasteiger partial charge in [-0.3, -0.25) is 0 Å². The van der Waals surface area contributed by atoms with E-state index >= 15 is 0 Å². The lowest BCUT2D eigenvalue weighted by molar-refractivity contribution is 0.402. The van der Waals surface area contributed by atoms with Gasteiger partial charge in [0.2, 0.25) is 5.28 Å². The quantitative estimate of drug-likeness (QED) is 0.842. The summed E-state index contributed by atoms with van der Waals surface area (Å²) in [6.07, 6.45) is 1.58. The third-order valence-electron chi connectivity index (χ3n) is 2.48. The number of hydrogen-bond donors (Lipinski definition) is 1. The van der Waals surface area contributed by atoms with E-state index in [0.29, 0.717) is 12.3 Å². The largest absolute Gasteiger partial charge is 0.493 e. The average Bonchev–Trinajstić information content (AvgIpc) is 2.40. The fourth-order valence-corrected chi connectivity index (χ4v) is 1.75. The van der Waals surface area contributed by atoms with Gasteiger partial charge < -0.3 is 10.1 Å². The molecule has 4 nitrogen and oxygen atoms in total. The van der Waals surface area contributed by atoms with Crippen LogP contribution in [0.2, 0.25) is 5.28 Å². The Morgan fingerprint density at radius 3 is 2.72 bits per heavy atom. The average molecular weight is 264 g/mol. The van der Waals surface area contributed by atoms with E-state index in [1.165, 1.54) is 5.56 Å². The normalized spacial score (nSPS) is 10.3. The van der Waals surface area contributed by atoms with Crippen molar-refractivity contribution in [3.63, 3.8) is 0 Å². The van der Waals surface area contributed by atoms with Gasteiger partial charge in [-0.2, -0.15) is 0 Å². The van der Waals surface area contributed by atoms with E-state index in [1.54, 1.807) is 13.3 Å². The van der Waals surface area contributed by atoms with Crippen LogP contribution in [0.4, 0.5) is 0 Å². The molecule has 1 heterocycles. The van der Waals surface area contributed by atoms with E-state index in [1.807, 2.05) is 18.2 Å². The van der Waals surface area contributed by atoms with Gasteiger partial charge in [0.1, 0.15) is 5.69 Å². The number of methoxy groups -OCH3 is 1. The van der Waals surface area contributed by atoms with Gasteiger partial charge in [0, 0.05) is 13.1 Å². The zero-order valence-electron chi connectivity index (χ0n) is 10.1. The molecule has 1 N–H and O–H groups in total. The van der Waals surface area contributed by atoms with E-state index in [9.17, 15) is 0 Å². The first kappa shape index (κ1) is 12.8. The Hall–Kier alpha value is -1.65. The van der Waals surface area contributed by atoms with Gasteiger partial charge in [-0.1, -0.05) is 30.3 Å². The monoisotopic (exact) mass is 263 g/mol. The van der Waals surface area contributed by atoms with Crippen LogP contribution in [-0.4, -0.2) is 17.1 Å². The number of aromatic nitrogens is 2. The zero-order chi connectivity index (χ0) is 12.8. The van der Waals surface area contributed by atoms with Crippen LogP contribution in [0.15, 0.2) is 36.5 Å². The number of nitrogens with one attached hydrogen (secondary N) is 1. The minimum atomic E-state index is 0.229. The van der Waals surface area contributed by atoms with Crippen LogP contribution in [0, 0.1) is 0 Å². The molecule has 2 aromatic rings. The number of halogens is 1. The number of benzene rings is 1. The Morgan fingerprint density at radius 2 is 2.00 bits per heavy atom. The van der Waals surface area contributed by atoms with Crippen molar-refractivity contribution in [2.24, 2.45) is 0 Å². The highest BCUT2D eigenvalue weighted by molar-refractivity contribution is 6.28.